The third kappa shape index (κ3) is 2.30. The topological polar surface area (TPSA) is 71.6 Å². The first kappa shape index (κ1) is 13.1. The molecular formula is C15H19N3O2. The number of rotatable bonds is 2. The highest BCUT2D eigenvalue weighted by Crippen LogP contribution is 2.30. The van der Waals surface area contributed by atoms with E-state index < -0.39 is 0 Å². The lowest BCUT2D eigenvalue weighted by Crippen LogP contribution is -2.47. The van der Waals surface area contributed by atoms with Gasteiger partial charge in [0.2, 0.25) is 0 Å². The van der Waals surface area contributed by atoms with Gasteiger partial charge in [-0.05, 0) is 31.2 Å². The number of morpholine rings is 1. The van der Waals surface area contributed by atoms with E-state index in [1.54, 1.807) is 0 Å². The standard InChI is InChI=1S/C15H19N3O2/c1-10-6-15(18-4-5-20-9-12(18)8-19)13-7-11(16)2-3-14(13)17-10/h2-3,6-7,12,19H,4-5,8-9,16H2,1H3. The van der Waals surface area contributed by atoms with Crippen LogP contribution in [-0.2, 0) is 4.74 Å². The minimum atomic E-state index is -0.0184. The van der Waals surface area contributed by atoms with Crippen LogP contribution in [0.25, 0.3) is 10.9 Å². The number of ether oxygens (including phenoxy) is 1. The molecule has 1 fully saturated rings. The first-order valence-corrected chi connectivity index (χ1v) is 6.81. The quantitative estimate of drug-likeness (QED) is 0.808. The zero-order chi connectivity index (χ0) is 14.1. The third-order valence-electron chi connectivity index (χ3n) is 3.69. The lowest BCUT2D eigenvalue weighted by Gasteiger charge is -2.37. The summed E-state index contributed by atoms with van der Waals surface area (Å²) >= 11 is 0. The van der Waals surface area contributed by atoms with Gasteiger partial charge in [0.25, 0.3) is 0 Å². The Morgan fingerprint density at radius 2 is 2.30 bits per heavy atom. The van der Waals surface area contributed by atoms with E-state index in [0.29, 0.717) is 13.2 Å². The summed E-state index contributed by atoms with van der Waals surface area (Å²) in [4.78, 5) is 6.74. The Morgan fingerprint density at radius 1 is 1.45 bits per heavy atom. The minimum Gasteiger partial charge on any atom is -0.399 e. The number of benzene rings is 1. The van der Waals surface area contributed by atoms with Crippen LogP contribution in [0.4, 0.5) is 11.4 Å². The molecule has 0 radical (unpaired) electrons. The second-order valence-corrected chi connectivity index (χ2v) is 5.16. The number of aliphatic hydroxyl groups excluding tert-OH is 1. The van der Waals surface area contributed by atoms with Gasteiger partial charge in [-0.1, -0.05) is 0 Å². The van der Waals surface area contributed by atoms with Crippen LogP contribution in [0.2, 0.25) is 0 Å². The molecule has 1 atom stereocenters. The lowest BCUT2D eigenvalue weighted by molar-refractivity contribution is 0.0728. The van der Waals surface area contributed by atoms with E-state index in [2.05, 4.69) is 16.0 Å². The Kier molecular flexibility index (Phi) is 3.46. The maximum absolute atomic E-state index is 9.56. The van der Waals surface area contributed by atoms with Crippen molar-refractivity contribution in [2.24, 2.45) is 0 Å². The molecule has 106 valence electrons. The summed E-state index contributed by atoms with van der Waals surface area (Å²) < 4.78 is 5.45. The number of aromatic nitrogens is 1. The molecule has 5 heteroatoms. The van der Waals surface area contributed by atoms with E-state index in [0.717, 1.165) is 34.5 Å². The molecule has 2 aromatic rings. The van der Waals surface area contributed by atoms with Gasteiger partial charge in [-0.2, -0.15) is 0 Å². The summed E-state index contributed by atoms with van der Waals surface area (Å²) in [5.74, 6) is 0. The first-order valence-electron chi connectivity index (χ1n) is 6.81. The van der Waals surface area contributed by atoms with E-state index in [-0.39, 0.29) is 12.6 Å². The molecule has 0 spiro atoms. The highest BCUT2D eigenvalue weighted by molar-refractivity contribution is 5.94. The zero-order valence-electron chi connectivity index (χ0n) is 11.5. The van der Waals surface area contributed by atoms with Crippen molar-refractivity contribution >= 4 is 22.3 Å². The predicted molar refractivity (Wildman–Crippen MR) is 79.9 cm³/mol. The molecule has 1 aromatic carbocycles. The molecule has 20 heavy (non-hydrogen) atoms. The zero-order valence-corrected chi connectivity index (χ0v) is 11.5. The van der Waals surface area contributed by atoms with Crippen LogP contribution in [-0.4, -0.2) is 42.5 Å². The number of aryl methyl sites for hydroxylation is 1. The Labute approximate surface area is 118 Å². The van der Waals surface area contributed by atoms with Crippen molar-refractivity contribution in [3.05, 3.63) is 30.0 Å². The maximum atomic E-state index is 9.56. The van der Waals surface area contributed by atoms with Crippen LogP contribution < -0.4 is 10.6 Å². The molecule has 3 N–H and O–H groups in total. The Morgan fingerprint density at radius 3 is 3.10 bits per heavy atom. The molecule has 0 saturated carbocycles. The molecule has 1 saturated heterocycles. The van der Waals surface area contributed by atoms with Crippen molar-refractivity contribution in [1.29, 1.82) is 0 Å². The van der Waals surface area contributed by atoms with Gasteiger partial charge in [0.1, 0.15) is 0 Å². The average molecular weight is 273 g/mol. The van der Waals surface area contributed by atoms with E-state index in [1.165, 1.54) is 0 Å². The first-order chi connectivity index (χ1) is 9.69. The van der Waals surface area contributed by atoms with Gasteiger partial charge in [-0.25, -0.2) is 0 Å². The number of nitrogens with zero attached hydrogens (tertiary/aromatic N) is 2. The third-order valence-corrected chi connectivity index (χ3v) is 3.69. The van der Waals surface area contributed by atoms with Gasteiger partial charge in [0, 0.05) is 29.0 Å². The Balaban J connectivity index is 2.15. The van der Waals surface area contributed by atoms with Crippen LogP contribution >= 0.6 is 0 Å². The second kappa shape index (κ2) is 5.26. The van der Waals surface area contributed by atoms with Crippen molar-refractivity contribution in [3.63, 3.8) is 0 Å². The molecule has 5 nitrogen and oxygen atoms in total. The van der Waals surface area contributed by atoms with E-state index in [4.69, 9.17) is 10.5 Å². The molecule has 1 unspecified atom stereocenters. The van der Waals surface area contributed by atoms with Gasteiger partial charge in [-0.3, -0.25) is 4.98 Å². The fourth-order valence-electron chi connectivity index (χ4n) is 2.72. The van der Waals surface area contributed by atoms with E-state index >= 15 is 0 Å². The van der Waals surface area contributed by atoms with Crippen LogP contribution in [0, 0.1) is 6.92 Å². The molecule has 1 aromatic heterocycles. The average Bonchev–Trinajstić information content (AvgIpc) is 2.47. The van der Waals surface area contributed by atoms with Crippen LogP contribution in [0.15, 0.2) is 24.3 Å². The van der Waals surface area contributed by atoms with Crippen LogP contribution in [0.3, 0.4) is 0 Å². The van der Waals surface area contributed by atoms with E-state index in [1.807, 2.05) is 25.1 Å². The van der Waals surface area contributed by atoms with Gasteiger partial charge in [0.05, 0.1) is 31.4 Å². The van der Waals surface area contributed by atoms with Crippen molar-refractivity contribution in [3.8, 4) is 0 Å². The summed E-state index contributed by atoms with van der Waals surface area (Å²) in [5.41, 5.74) is 9.59. The number of aliphatic hydroxyl groups is 1. The predicted octanol–water partition coefficient (Wildman–Crippen LogP) is 1.32. The number of anilines is 2. The molecule has 1 aliphatic rings. The summed E-state index contributed by atoms with van der Waals surface area (Å²) in [7, 11) is 0. The van der Waals surface area contributed by atoms with Crippen molar-refractivity contribution in [1.82, 2.24) is 4.98 Å². The fourth-order valence-corrected chi connectivity index (χ4v) is 2.72. The summed E-state index contributed by atoms with van der Waals surface area (Å²) in [6.07, 6.45) is 0. The number of hydrogen-bond donors (Lipinski definition) is 2. The number of hydrogen-bond acceptors (Lipinski definition) is 5. The monoisotopic (exact) mass is 273 g/mol. The summed E-state index contributed by atoms with van der Waals surface area (Å²) in [5, 5.41) is 10.6. The van der Waals surface area contributed by atoms with Crippen LogP contribution in [0.1, 0.15) is 5.69 Å². The number of pyridine rings is 1. The molecule has 3 rings (SSSR count). The Bertz CT molecular complexity index is 630. The van der Waals surface area contributed by atoms with Gasteiger partial charge >= 0.3 is 0 Å². The number of fused-ring (bicyclic) bond motifs is 1. The molecule has 0 bridgehead atoms. The molecule has 2 heterocycles. The van der Waals surface area contributed by atoms with Gasteiger partial charge < -0.3 is 20.5 Å². The SMILES string of the molecule is Cc1cc(N2CCOCC2CO)c2cc(N)ccc2n1. The molecule has 0 amide bonds. The molecule has 0 aliphatic carbocycles. The maximum Gasteiger partial charge on any atom is 0.0755 e. The van der Waals surface area contributed by atoms with Crippen molar-refractivity contribution in [2.75, 3.05) is 37.0 Å². The number of nitrogens with two attached hydrogens (primary N) is 1. The smallest absolute Gasteiger partial charge is 0.0755 e. The van der Waals surface area contributed by atoms with Gasteiger partial charge in [0.15, 0.2) is 0 Å². The second-order valence-electron chi connectivity index (χ2n) is 5.16. The number of nitrogen functional groups attached to an aromatic ring is 1. The van der Waals surface area contributed by atoms with Crippen molar-refractivity contribution in [2.45, 2.75) is 13.0 Å². The lowest BCUT2D eigenvalue weighted by atomic mass is 10.1. The normalized spacial score (nSPS) is 19.5. The van der Waals surface area contributed by atoms with Crippen LogP contribution in [0.5, 0.6) is 0 Å². The van der Waals surface area contributed by atoms with E-state index in [9.17, 15) is 5.11 Å². The molecular weight excluding hydrogens is 254 g/mol. The van der Waals surface area contributed by atoms with Gasteiger partial charge in [-0.15, -0.1) is 0 Å². The largest absolute Gasteiger partial charge is 0.399 e. The molecule has 1 aliphatic heterocycles. The minimum absolute atomic E-state index is 0.0184. The Hall–Kier alpha value is -1.85. The summed E-state index contributed by atoms with van der Waals surface area (Å²) in [6, 6.07) is 7.78. The summed E-state index contributed by atoms with van der Waals surface area (Å²) in [6.45, 7) is 4.03. The van der Waals surface area contributed by atoms with Crippen molar-refractivity contribution < 1.29 is 9.84 Å². The highest BCUT2D eigenvalue weighted by atomic mass is 16.5. The highest BCUT2D eigenvalue weighted by Gasteiger charge is 2.24. The fraction of sp³-hybridized carbons (Fsp3) is 0.400.